The molecule has 0 unspecified atom stereocenters. The van der Waals surface area contributed by atoms with E-state index in [1.165, 1.54) is 14.2 Å². The van der Waals surface area contributed by atoms with Crippen molar-refractivity contribution in [2.75, 3.05) is 19.1 Å². The lowest BCUT2D eigenvalue weighted by molar-refractivity contribution is 0.103. The summed E-state index contributed by atoms with van der Waals surface area (Å²) in [6.45, 7) is 2.04. The maximum atomic E-state index is 13.5. The number of rotatable bonds is 6. The molecule has 1 aliphatic rings. The Morgan fingerprint density at radius 1 is 1.07 bits per heavy atom. The van der Waals surface area contributed by atoms with Crippen LogP contribution in [0.1, 0.15) is 35.7 Å². The maximum Gasteiger partial charge on any atom is 0.199 e. The van der Waals surface area contributed by atoms with Crippen molar-refractivity contribution in [2.45, 2.75) is 19.8 Å². The quantitative estimate of drug-likeness (QED) is 0.359. The molecule has 0 spiro atoms. The van der Waals surface area contributed by atoms with Gasteiger partial charge in [0.25, 0.3) is 0 Å². The first-order valence-electron chi connectivity index (χ1n) is 8.99. The fourth-order valence-electron chi connectivity index (χ4n) is 3.19. The SMILES string of the molecule is CCC1=CN(c2ccc(Cl)cc2C(=O)c2cccc(OC)c2OC)C(Cl)=C(Cl)C1. The Hall–Kier alpha value is -2.14. The second kappa shape index (κ2) is 9.12. The summed E-state index contributed by atoms with van der Waals surface area (Å²) in [7, 11) is 3.02. The third-order valence-electron chi connectivity index (χ3n) is 4.69. The minimum atomic E-state index is -0.268. The third-order valence-corrected chi connectivity index (χ3v) is 5.75. The first-order chi connectivity index (χ1) is 13.9. The van der Waals surface area contributed by atoms with E-state index in [0.717, 1.165) is 12.0 Å². The number of para-hydroxylation sites is 1. The van der Waals surface area contributed by atoms with Crippen LogP contribution >= 0.6 is 34.8 Å². The molecule has 0 bridgehead atoms. The van der Waals surface area contributed by atoms with E-state index >= 15 is 0 Å². The molecule has 2 aromatic carbocycles. The van der Waals surface area contributed by atoms with Crippen molar-refractivity contribution >= 4 is 46.3 Å². The Bertz CT molecular complexity index is 1010. The normalized spacial score (nSPS) is 14.0. The first kappa shape index (κ1) is 21.6. The van der Waals surface area contributed by atoms with E-state index < -0.39 is 0 Å². The summed E-state index contributed by atoms with van der Waals surface area (Å²) in [4.78, 5) is 15.2. The van der Waals surface area contributed by atoms with Crippen LogP contribution < -0.4 is 14.4 Å². The molecule has 0 aliphatic carbocycles. The largest absolute Gasteiger partial charge is 0.493 e. The molecule has 0 aromatic heterocycles. The minimum Gasteiger partial charge on any atom is -0.493 e. The van der Waals surface area contributed by atoms with Crippen LogP contribution in [-0.4, -0.2) is 20.0 Å². The molecule has 0 amide bonds. The van der Waals surface area contributed by atoms with Gasteiger partial charge >= 0.3 is 0 Å². The van der Waals surface area contributed by atoms with Crippen molar-refractivity contribution in [1.29, 1.82) is 0 Å². The lowest BCUT2D eigenvalue weighted by Gasteiger charge is -2.28. The van der Waals surface area contributed by atoms with Crippen LogP contribution in [0.15, 0.2) is 58.4 Å². The summed E-state index contributed by atoms with van der Waals surface area (Å²) >= 11 is 19.1. The monoisotopic (exact) mass is 451 g/mol. The summed E-state index contributed by atoms with van der Waals surface area (Å²) in [6, 6.07) is 10.2. The van der Waals surface area contributed by atoms with Gasteiger partial charge in [0.1, 0.15) is 5.16 Å². The Kier molecular flexibility index (Phi) is 6.78. The molecule has 7 heteroatoms. The van der Waals surface area contributed by atoms with Crippen LogP contribution in [0.2, 0.25) is 5.02 Å². The number of ether oxygens (including phenoxy) is 2. The fraction of sp³-hybridized carbons (Fsp3) is 0.227. The van der Waals surface area contributed by atoms with Crippen molar-refractivity contribution in [3.05, 3.63) is 74.5 Å². The van der Waals surface area contributed by atoms with Gasteiger partial charge in [-0.25, -0.2) is 0 Å². The van der Waals surface area contributed by atoms with Crippen LogP contribution in [0.25, 0.3) is 0 Å². The minimum absolute atomic E-state index is 0.268. The smallest absolute Gasteiger partial charge is 0.199 e. The summed E-state index contributed by atoms with van der Waals surface area (Å²) in [5.41, 5.74) is 2.42. The first-order valence-corrected chi connectivity index (χ1v) is 10.1. The molecule has 152 valence electrons. The summed E-state index contributed by atoms with van der Waals surface area (Å²) in [6.07, 6.45) is 3.32. The molecule has 2 aromatic rings. The molecule has 1 heterocycles. The number of hydrogen-bond acceptors (Lipinski definition) is 4. The van der Waals surface area contributed by atoms with Gasteiger partial charge in [0.05, 0.1) is 30.5 Å². The van der Waals surface area contributed by atoms with Crippen LogP contribution in [0, 0.1) is 0 Å². The zero-order valence-corrected chi connectivity index (χ0v) is 18.5. The molecule has 3 rings (SSSR count). The van der Waals surface area contributed by atoms with E-state index in [1.54, 1.807) is 41.3 Å². The average Bonchev–Trinajstić information content (AvgIpc) is 2.74. The number of halogens is 3. The number of carbonyl (C=O) groups excluding carboxylic acids is 1. The van der Waals surface area contributed by atoms with Crippen LogP contribution in [0.4, 0.5) is 5.69 Å². The topological polar surface area (TPSA) is 38.8 Å². The number of hydrogen-bond donors (Lipinski definition) is 0. The highest BCUT2D eigenvalue weighted by Crippen LogP contribution is 2.39. The van der Waals surface area contributed by atoms with Gasteiger partial charge in [-0.2, -0.15) is 0 Å². The van der Waals surface area contributed by atoms with E-state index in [2.05, 4.69) is 0 Å². The molecule has 4 nitrogen and oxygen atoms in total. The molecule has 0 atom stereocenters. The molecular weight excluding hydrogens is 433 g/mol. The third kappa shape index (κ3) is 4.25. The van der Waals surface area contributed by atoms with E-state index in [0.29, 0.717) is 49.9 Å². The Labute approximate surface area is 185 Å². The Morgan fingerprint density at radius 3 is 2.48 bits per heavy atom. The van der Waals surface area contributed by atoms with Gasteiger partial charge in [0.15, 0.2) is 17.3 Å². The molecule has 0 N–H and O–H groups in total. The Balaban J connectivity index is 2.18. The van der Waals surface area contributed by atoms with Crippen LogP contribution in [0.5, 0.6) is 11.5 Å². The summed E-state index contributed by atoms with van der Waals surface area (Å²) in [5.74, 6) is 0.555. The molecule has 29 heavy (non-hydrogen) atoms. The second-order valence-corrected chi connectivity index (χ2v) is 7.67. The predicted octanol–water partition coefficient (Wildman–Crippen LogP) is 6.74. The van der Waals surface area contributed by atoms with Crippen molar-refractivity contribution in [1.82, 2.24) is 0 Å². The fourth-order valence-corrected chi connectivity index (χ4v) is 3.83. The van der Waals surface area contributed by atoms with Gasteiger partial charge in [-0.3, -0.25) is 4.79 Å². The van der Waals surface area contributed by atoms with Gasteiger partial charge in [0.2, 0.25) is 0 Å². The van der Waals surface area contributed by atoms with Crippen molar-refractivity contribution in [3.8, 4) is 11.5 Å². The van der Waals surface area contributed by atoms with Crippen molar-refractivity contribution in [3.63, 3.8) is 0 Å². The number of nitrogens with zero attached hydrogens (tertiary/aromatic N) is 1. The van der Waals surface area contributed by atoms with Gasteiger partial charge in [-0.05, 0) is 42.3 Å². The molecule has 1 aliphatic heterocycles. The predicted molar refractivity (Wildman–Crippen MR) is 119 cm³/mol. The van der Waals surface area contributed by atoms with Crippen molar-refractivity contribution < 1.29 is 14.3 Å². The molecule has 0 radical (unpaired) electrons. The molecular formula is C22H20Cl3NO3. The van der Waals surface area contributed by atoms with E-state index in [9.17, 15) is 4.79 Å². The van der Waals surface area contributed by atoms with Gasteiger partial charge in [-0.1, -0.05) is 47.8 Å². The highest BCUT2D eigenvalue weighted by Gasteiger charge is 2.26. The standard InChI is InChI=1S/C22H20Cl3NO3/c1-4-13-10-17(24)22(25)26(12-13)18-9-8-14(23)11-16(18)20(27)15-6-5-7-19(28-2)21(15)29-3/h5-9,11-12H,4,10H2,1-3H3. The van der Waals surface area contributed by atoms with Gasteiger partial charge in [0, 0.05) is 23.2 Å². The number of benzene rings is 2. The second-order valence-electron chi connectivity index (χ2n) is 6.42. The van der Waals surface area contributed by atoms with E-state index in [4.69, 9.17) is 44.3 Å². The van der Waals surface area contributed by atoms with Crippen LogP contribution in [0.3, 0.4) is 0 Å². The lowest BCUT2D eigenvalue weighted by Crippen LogP contribution is -2.21. The maximum absolute atomic E-state index is 13.5. The summed E-state index contributed by atoms with van der Waals surface area (Å²) in [5, 5.41) is 1.32. The van der Waals surface area contributed by atoms with E-state index in [1.807, 2.05) is 13.1 Å². The number of allylic oxidation sites excluding steroid dienone is 2. The average molecular weight is 453 g/mol. The highest BCUT2D eigenvalue weighted by atomic mass is 35.5. The number of anilines is 1. The zero-order valence-electron chi connectivity index (χ0n) is 16.3. The summed E-state index contributed by atoms with van der Waals surface area (Å²) < 4.78 is 10.8. The highest BCUT2D eigenvalue weighted by molar-refractivity contribution is 6.40. The molecule has 0 fully saturated rings. The van der Waals surface area contributed by atoms with Gasteiger partial charge < -0.3 is 14.4 Å². The molecule has 0 saturated heterocycles. The molecule has 0 saturated carbocycles. The van der Waals surface area contributed by atoms with Crippen LogP contribution in [-0.2, 0) is 0 Å². The number of carbonyl (C=O) groups is 1. The number of ketones is 1. The van der Waals surface area contributed by atoms with Gasteiger partial charge in [-0.15, -0.1) is 0 Å². The zero-order chi connectivity index (χ0) is 21.1. The number of methoxy groups -OCH3 is 2. The Morgan fingerprint density at radius 2 is 1.83 bits per heavy atom. The lowest BCUT2D eigenvalue weighted by atomic mass is 9.99. The van der Waals surface area contributed by atoms with E-state index in [-0.39, 0.29) is 5.78 Å². The van der Waals surface area contributed by atoms with Crippen molar-refractivity contribution in [2.24, 2.45) is 0 Å².